The van der Waals surface area contributed by atoms with Crippen molar-refractivity contribution in [2.45, 2.75) is 26.2 Å². The number of carbonyl (C=O) groups excluding carboxylic acids is 1. The Kier molecular flexibility index (Phi) is 7.52. The third-order valence-electron chi connectivity index (χ3n) is 2.66. The van der Waals surface area contributed by atoms with Gasteiger partial charge < -0.3 is 15.5 Å². The van der Waals surface area contributed by atoms with Gasteiger partial charge in [-0.3, -0.25) is 4.79 Å². The molecule has 0 saturated heterocycles. The lowest BCUT2D eigenvalue weighted by atomic mass is 10.2. The van der Waals surface area contributed by atoms with Crippen molar-refractivity contribution in [3.8, 4) is 0 Å². The van der Waals surface area contributed by atoms with E-state index in [1.807, 2.05) is 0 Å². The first-order valence-corrected chi connectivity index (χ1v) is 6.67. The quantitative estimate of drug-likeness (QED) is 0.363. The Morgan fingerprint density at radius 1 is 1.45 bits per heavy atom. The summed E-state index contributed by atoms with van der Waals surface area (Å²) in [6.07, 6.45) is 4.13. The number of nitrogen functional groups attached to an aromatic ring is 1. The standard InChI is InChI=1S/C13H21FN4O2/c1-2-3-8-20-9-4-6-17-13(19)10-5-7-16-12(18-15)11(10)14/h5,7H,2-4,6,8-9,15H2,1H3,(H,16,18)(H,17,19). The van der Waals surface area contributed by atoms with Crippen LogP contribution in [0.5, 0.6) is 0 Å². The van der Waals surface area contributed by atoms with Crippen LogP contribution in [0.25, 0.3) is 0 Å². The van der Waals surface area contributed by atoms with E-state index in [2.05, 4.69) is 22.7 Å². The first-order valence-electron chi connectivity index (χ1n) is 6.67. The predicted octanol–water partition coefficient (Wildman–Crippen LogP) is 1.44. The number of hydrazine groups is 1. The van der Waals surface area contributed by atoms with Crippen LogP contribution in [0.1, 0.15) is 36.5 Å². The van der Waals surface area contributed by atoms with Crippen LogP contribution in [0.3, 0.4) is 0 Å². The second-order valence-corrected chi connectivity index (χ2v) is 4.24. The zero-order valence-corrected chi connectivity index (χ0v) is 11.6. The van der Waals surface area contributed by atoms with Crippen molar-refractivity contribution in [2.24, 2.45) is 5.84 Å². The number of ether oxygens (including phenoxy) is 1. The van der Waals surface area contributed by atoms with Gasteiger partial charge in [-0.15, -0.1) is 0 Å². The number of hydrogen-bond acceptors (Lipinski definition) is 5. The molecule has 0 aliphatic rings. The van der Waals surface area contributed by atoms with Crippen molar-refractivity contribution in [3.05, 3.63) is 23.6 Å². The fourth-order valence-electron chi connectivity index (χ4n) is 1.54. The summed E-state index contributed by atoms with van der Waals surface area (Å²) in [6, 6.07) is 1.31. The number of anilines is 1. The molecule has 0 aliphatic carbocycles. The third-order valence-corrected chi connectivity index (χ3v) is 2.66. The average Bonchev–Trinajstić information content (AvgIpc) is 2.46. The summed E-state index contributed by atoms with van der Waals surface area (Å²) in [7, 11) is 0. The molecule has 1 rings (SSSR count). The molecule has 112 valence electrons. The van der Waals surface area contributed by atoms with Crippen LogP contribution >= 0.6 is 0 Å². The van der Waals surface area contributed by atoms with Gasteiger partial charge in [-0.05, 0) is 18.9 Å². The Morgan fingerprint density at radius 2 is 2.20 bits per heavy atom. The molecule has 0 aliphatic heterocycles. The Bertz CT molecular complexity index is 429. The van der Waals surface area contributed by atoms with Gasteiger partial charge in [-0.2, -0.15) is 0 Å². The van der Waals surface area contributed by atoms with Gasteiger partial charge in [0.05, 0.1) is 5.56 Å². The SMILES string of the molecule is CCCCOCCCNC(=O)c1ccnc(NN)c1F. The van der Waals surface area contributed by atoms with Crippen LogP contribution in [0.4, 0.5) is 10.2 Å². The lowest BCUT2D eigenvalue weighted by Crippen LogP contribution is -2.27. The first-order chi connectivity index (χ1) is 9.70. The Balaban J connectivity index is 2.33. The maximum absolute atomic E-state index is 13.7. The van der Waals surface area contributed by atoms with Crippen LogP contribution in [-0.2, 0) is 4.74 Å². The van der Waals surface area contributed by atoms with Crippen molar-refractivity contribution in [1.29, 1.82) is 0 Å². The van der Waals surface area contributed by atoms with Crippen molar-refractivity contribution >= 4 is 11.7 Å². The molecule has 6 nitrogen and oxygen atoms in total. The third kappa shape index (κ3) is 5.10. The van der Waals surface area contributed by atoms with E-state index in [-0.39, 0.29) is 11.4 Å². The molecule has 0 saturated carbocycles. The van der Waals surface area contributed by atoms with Gasteiger partial charge in [-0.1, -0.05) is 13.3 Å². The predicted molar refractivity (Wildman–Crippen MR) is 74.7 cm³/mol. The number of unbranched alkanes of at least 4 members (excludes halogenated alkanes) is 1. The second-order valence-electron chi connectivity index (χ2n) is 4.24. The van der Waals surface area contributed by atoms with Gasteiger partial charge in [0, 0.05) is 26.0 Å². The average molecular weight is 284 g/mol. The van der Waals surface area contributed by atoms with E-state index in [4.69, 9.17) is 10.6 Å². The Labute approximate surface area is 117 Å². The van der Waals surface area contributed by atoms with E-state index >= 15 is 0 Å². The molecule has 1 aromatic heterocycles. The molecule has 0 atom stereocenters. The highest BCUT2D eigenvalue weighted by Gasteiger charge is 2.14. The smallest absolute Gasteiger partial charge is 0.254 e. The van der Waals surface area contributed by atoms with E-state index in [0.717, 1.165) is 19.4 Å². The molecule has 0 radical (unpaired) electrons. The maximum Gasteiger partial charge on any atom is 0.254 e. The molecule has 20 heavy (non-hydrogen) atoms. The van der Waals surface area contributed by atoms with Gasteiger partial charge in [0.1, 0.15) is 0 Å². The van der Waals surface area contributed by atoms with E-state index in [1.165, 1.54) is 12.3 Å². The molecule has 0 spiro atoms. The minimum atomic E-state index is -0.758. The number of rotatable bonds is 9. The van der Waals surface area contributed by atoms with Crippen LogP contribution in [0.15, 0.2) is 12.3 Å². The van der Waals surface area contributed by atoms with Gasteiger partial charge in [0.2, 0.25) is 0 Å². The zero-order valence-electron chi connectivity index (χ0n) is 11.6. The maximum atomic E-state index is 13.7. The van der Waals surface area contributed by atoms with Crippen LogP contribution < -0.4 is 16.6 Å². The van der Waals surface area contributed by atoms with Crippen molar-refractivity contribution in [1.82, 2.24) is 10.3 Å². The summed E-state index contributed by atoms with van der Waals surface area (Å²) in [5, 5.41) is 2.63. The van der Waals surface area contributed by atoms with Crippen LogP contribution in [-0.4, -0.2) is 30.6 Å². The molecule has 4 N–H and O–H groups in total. The lowest BCUT2D eigenvalue weighted by molar-refractivity contribution is 0.0936. The fourth-order valence-corrected chi connectivity index (χ4v) is 1.54. The zero-order chi connectivity index (χ0) is 14.8. The van der Waals surface area contributed by atoms with Gasteiger partial charge in [0.25, 0.3) is 5.91 Å². The van der Waals surface area contributed by atoms with E-state index in [1.54, 1.807) is 0 Å². The largest absolute Gasteiger partial charge is 0.381 e. The Morgan fingerprint density at radius 3 is 2.90 bits per heavy atom. The molecule has 1 amide bonds. The highest BCUT2D eigenvalue weighted by molar-refractivity contribution is 5.95. The number of nitrogens with one attached hydrogen (secondary N) is 2. The summed E-state index contributed by atoms with van der Waals surface area (Å²) < 4.78 is 19.1. The summed E-state index contributed by atoms with van der Waals surface area (Å²) in [4.78, 5) is 15.4. The molecule has 0 aromatic carbocycles. The number of carbonyl (C=O) groups is 1. The second kappa shape index (κ2) is 9.22. The number of pyridine rings is 1. The molecule has 1 heterocycles. The van der Waals surface area contributed by atoms with Crippen LogP contribution in [0.2, 0.25) is 0 Å². The van der Waals surface area contributed by atoms with Crippen molar-refractivity contribution in [2.75, 3.05) is 25.2 Å². The number of nitrogens with zero attached hydrogens (tertiary/aromatic N) is 1. The first kappa shape index (κ1) is 16.3. The fraction of sp³-hybridized carbons (Fsp3) is 0.538. The molecule has 0 unspecified atom stereocenters. The molecular weight excluding hydrogens is 263 g/mol. The lowest BCUT2D eigenvalue weighted by Gasteiger charge is -2.08. The number of amides is 1. The number of hydrogen-bond donors (Lipinski definition) is 3. The topological polar surface area (TPSA) is 89.3 Å². The molecule has 1 aromatic rings. The van der Waals surface area contributed by atoms with Gasteiger partial charge >= 0.3 is 0 Å². The van der Waals surface area contributed by atoms with Crippen LogP contribution in [0, 0.1) is 5.82 Å². The summed E-state index contributed by atoms with van der Waals surface area (Å²) in [5.41, 5.74) is 2.02. The molecular formula is C13H21FN4O2. The monoisotopic (exact) mass is 284 g/mol. The highest BCUT2D eigenvalue weighted by Crippen LogP contribution is 2.13. The van der Waals surface area contributed by atoms with E-state index in [0.29, 0.717) is 19.6 Å². The van der Waals surface area contributed by atoms with Crippen molar-refractivity contribution in [3.63, 3.8) is 0 Å². The van der Waals surface area contributed by atoms with E-state index < -0.39 is 11.7 Å². The van der Waals surface area contributed by atoms with Gasteiger partial charge in [-0.25, -0.2) is 15.2 Å². The minimum Gasteiger partial charge on any atom is -0.381 e. The summed E-state index contributed by atoms with van der Waals surface area (Å²) >= 11 is 0. The van der Waals surface area contributed by atoms with Crippen molar-refractivity contribution < 1.29 is 13.9 Å². The highest BCUT2D eigenvalue weighted by atomic mass is 19.1. The Hall–Kier alpha value is -1.73. The molecule has 0 fully saturated rings. The normalized spacial score (nSPS) is 10.3. The summed E-state index contributed by atoms with van der Waals surface area (Å²) in [6.45, 7) is 3.83. The van der Waals surface area contributed by atoms with Gasteiger partial charge in [0.15, 0.2) is 11.6 Å². The number of halogens is 1. The minimum absolute atomic E-state index is 0.0835. The number of nitrogens with two attached hydrogens (primary N) is 1. The summed E-state index contributed by atoms with van der Waals surface area (Å²) in [5.74, 6) is 3.70. The number of aromatic nitrogens is 1. The molecule has 7 heteroatoms. The molecule has 0 bridgehead atoms. The van der Waals surface area contributed by atoms with E-state index in [9.17, 15) is 9.18 Å².